The Hall–Kier alpha value is -3.29. The number of hydrogen-bond acceptors (Lipinski definition) is 7. The highest BCUT2D eigenvalue weighted by atomic mass is 16.5. The predicted octanol–water partition coefficient (Wildman–Crippen LogP) is 3.67. The topological polar surface area (TPSA) is 69.4 Å². The second kappa shape index (κ2) is 10.5. The molecule has 7 heteroatoms. The van der Waals surface area contributed by atoms with E-state index in [-0.39, 0.29) is 5.75 Å². The lowest BCUT2D eigenvalue weighted by atomic mass is 9.99. The van der Waals surface area contributed by atoms with Crippen molar-refractivity contribution in [2.24, 2.45) is 0 Å². The van der Waals surface area contributed by atoms with Crippen LogP contribution in [0.2, 0.25) is 0 Å². The van der Waals surface area contributed by atoms with Crippen LogP contribution < -0.4 is 15.3 Å². The second-order valence-corrected chi connectivity index (χ2v) is 9.44. The van der Waals surface area contributed by atoms with Crippen molar-refractivity contribution in [2.45, 2.75) is 25.4 Å². The largest absolute Gasteiger partial charge is 0.507 e. The summed E-state index contributed by atoms with van der Waals surface area (Å²) in [6, 6.07) is 18.6. The van der Waals surface area contributed by atoms with E-state index in [1.165, 1.54) is 11.8 Å². The van der Waals surface area contributed by atoms with Gasteiger partial charge in [0.2, 0.25) is 0 Å². The number of piperazine rings is 1. The van der Waals surface area contributed by atoms with E-state index < -0.39 is 5.63 Å². The van der Waals surface area contributed by atoms with Crippen molar-refractivity contribution < 1.29 is 14.3 Å². The number of benzene rings is 2. The van der Waals surface area contributed by atoms with Crippen molar-refractivity contribution in [3.63, 3.8) is 0 Å². The van der Waals surface area contributed by atoms with Gasteiger partial charge >= 0.3 is 5.63 Å². The van der Waals surface area contributed by atoms with Crippen molar-refractivity contribution in [2.75, 3.05) is 51.3 Å². The number of rotatable bonds is 7. The maximum Gasteiger partial charge on any atom is 0.343 e. The third-order valence-corrected chi connectivity index (χ3v) is 7.26. The smallest absolute Gasteiger partial charge is 0.343 e. The van der Waals surface area contributed by atoms with Crippen molar-refractivity contribution in [3.8, 4) is 11.5 Å². The van der Waals surface area contributed by atoms with E-state index in [0.29, 0.717) is 30.1 Å². The summed E-state index contributed by atoms with van der Waals surface area (Å²) in [7, 11) is 1.70. The molecule has 0 saturated carbocycles. The first-order valence-electron chi connectivity index (χ1n) is 12.3. The first-order chi connectivity index (χ1) is 17.1. The minimum absolute atomic E-state index is 0.0802. The van der Waals surface area contributed by atoms with Crippen LogP contribution in [0.3, 0.4) is 0 Å². The molecule has 1 aromatic heterocycles. The zero-order valence-electron chi connectivity index (χ0n) is 20.2. The minimum Gasteiger partial charge on any atom is -0.507 e. The molecule has 2 fully saturated rings. The fraction of sp³-hybridized carbons (Fsp3) is 0.393. The molecule has 7 nitrogen and oxygen atoms in total. The molecule has 3 aromatic rings. The van der Waals surface area contributed by atoms with Crippen LogP contribution in [0.4, 0.5) is 5.69 Å². The van der Waals surface area contributed by atoms with Gasteiger partial charge in [0.1, 0.15) is 17.8 Å². The molecule has 0 radical (unpaired) electrons. The van der Waals surface area contributed by atoms with E-state index in [1.807, 2.05) is 24.3 Å². The van der Waals surface area contributed by atoms with Crippen LogP contribution >= 0.6 is 0 Å². The zero-order chi connectivity index (χ0) is 24.2. The molecular formula is C28H33N3O4. The maximum absolute atomic E-state index is 12.5. The summed E-state index contributed by atoms with van der Waals surface area (Å²) >= 11 is 0. The van der Waals surface area contributed by atoms with E-state index in [1.54, 1.807) is 7.11 Å². The fourth-order valence-corrected chi connectivity index (χ4v) is 5.27. The monoisotopic (exact) mass is 475 g/mol. The summed E-state index contributed by atoms with van der Waals surface area (Å²) in [5, 5.41) is 11.0. The Bertz CT molecular complexity index is 1190. The van der Waals surface area contributed by atoms with Crippen LogP contribution in [-0.4, -0.2) is 61.3 Å². The molecule has 2 aliphatic rings. The van der Waals surface area contributed by atoms with Crippen LogP contribution in [0, 0.1) is 0 Å². The van der Waals surface area contributed by atoms with E-state index in [4.69, 9.17) is 9.15 Å². The normalized spacial score (nSPS) is 19.2. The third kappa shape index (κ3) is 5.21. The van der Waals surface area contributed by atoms with Gasteiger partial charge in [-0.15, -0.1) is 0 Å². The van der Waals surface area contributed by atoms with Crippen molar-refractivity contribution in [1.82, 2.24) is 9.80 Å². The Morgan fingerprint density at radius 1 is 0.943 bits per heavy atom. The molecule has 1 atom stereocenters. The van der Waals surface area contributed by atoms with Gasteiger partial charge < -0.3 is 19.2 Å². The molecule has 184 valence electrons. The van der Waals surface area contributed by atoms with E-state index in [0.717, 1.165) is 57.1 Å². The molecule has 3 heterocycles. The van der Waals surface area contributed by atoms with Crippen molar-refractivity contribution >= 4 is 5.69 Å². The van der Waals surface area contributed by atoms with Gasteiger partial charge in [-0.25, -0.2) is 4.79 Å². The van der Waals surface area contributed by atoms with Crippen LogP contribution in [0.5, 0.6) is 11.5 Å². The molecule has 0 bridgehead atoms. The Balaban J connectivity index is 1.22. The quantitative estimate of drug-likeness (QED) is 0.559. The molecule has 0 amide bonds. The summed E-state index contributed by atoms with van der Waals surface area (Å²) in [4.78, 5) is 19.3. The van der Waals surface area contributed by atoms with Gasteiger partial charge in [-0.05, 0) is 36.6 Å². The summed E-state index contributed by atoms with van der Waals surface area (Å²) < 4.78 is 10.9. The Morgan fingerprint density at radius 2 is 1.69 bits per heavy atom. The predicted molar refractivity (Wildman–Crippen MR) is 136 cm³/mol. The molecule has 0 aliphatic carbocycles. The first kappa shape index (κ1) is 23.5. The van der Waals surface area contributed by atoms with Crippen LogP contribution in [0.1, 0.15) is 29.0 Å². The number of likely N-dealkylation sites (tertiary alicyclic amines) is 1. The molecule has 5 rings (SSSR count). The highest BCUT2D eigenvalue weighted by molar-refractivity contribution is 5.58. The van der Waals surface area contributed by atoms with Crippen molar-refractivity contribution in [3.05, 3.63) is 88.0 Å². The number of methoxy groups -OCH3 is 1. The maximum atomic E-state index is 12.5. The molecule has 0 unspecified atom stereocenters. The molecule has 2 aromatic carbocycles. The van der Waals surface area contributed by atoms with E-state index in [2.05, 4.69) is 45.0 Å². The van der Waals surface area contributed by atoms with E-state index >= 15 is 0 Å². The van der Waals surface area contributed by atoms with Gasteiger partial charge in [-0.2, -0.15) is 0 Å². The van der Waals surface area contributed by atoms with Gasteiger partial charge in [0, 0.05) is 51.4 Å². The molecule has 1 N–H and O–H groups in total. The van der Waals surface area contributed by atoms with Crippen LogP contribution in [0.25, 0.3) is 0 Å². The SMILES string of the molecule is COc1ccccc1N1CCN(Cc2coc(=O)c(CN3CC[C@H](c4ccccc4)C3)c2O)CC1. The molecule has 2 aliphatic heterocycles. The summed E-state index contributed by atoms with van der Waals surface area (Å²) in [6.45, 7) is 6.14. The van der Waals surface area contributed by atoms with Gasteiger partial charge in [0.25, 0.3) is 0 Å². The van der Waals surface area contributed by atoms with E-state index in [9.17, 15) is 9.90 Å². The Labute approximate surface area is 206 Å². The number of aromatic hydroxyl groups is 1. The minimum atomic E-state index is -0.449. The number of ether oxygens (including phenoxy) is 1. The standard InChI is InChI=1S/C28H33N3O4/c1-34-26-10-6-5-9-25(26)31-15-13-29(14-16-31)18-23-20-35-28(33)24(27(23)32)19-30-12-11-22(17-30)21-7-3-2-4-8-21/h2-10,20,22,32H,11-19H2,1H3/t22-/m0/s1. The molecular weight excluding hydrogens is 442 g/mol. The number of para-hydroxylation sites is 2. The number of anilines is 1. The number of hydrogen-bond donors (Lipinski definition) is 1. The van der Waals surface area contributed by atoms with Gasteiger partial charge in [0.05, 0.1) is 18.4 Å². The van der Waals surface area contributed by atoms with Crippen molar-refractivity contribution in [1.29, 1.82) is 0 Å². The Morgan fingerprint density at radius 3 is 2.46 bits per heavy atom. The fourth-order valence-electron chi connectivity index (χ4n) is 5.27. The summed E-state index contributed by atoms with van der Waals surface area (Å²) in [6.07, 6.45) is 2.47. The zero-order valence-corrected chi connectivity index (χ0v) is 20.2. The lowest BCUT2D eigenvalue weighted by Gasteiger charge is -2.36. The van der Waals surface area contributed by atoms with Gasteiger partial charge in [-0.1, -0.05) is 42.5 Å². The van der Waals surface area contributed by atoms with Crippen LogP contribution in [0.15, 0.2) is 70.1 Å². The third-order valence-electron chi connectivity index (χ3n) is 7.26. The first-order valence-corrected chi connectivity index (χ1v) is 12.3. The highest BCUT2D eigenvalue weighted by Crippen LogP contribution is 2.31. The second-order valence-electron chi connectivity index (χ2n) is 9.44. The lowest BCUT2D eigenvalue weighted by molar-refractivity contribution is 0.241. The average Bonchev–Trinajstić information content (AvgIpc) is 3.38. The molecule has 2 saturated heterocycles. The highest BCUT2D eigenvalue weighted by Gasteiger charge is 2.27. The van der Waals surface area contributed by atoms with Gasteiger partial charge in [-0.3, -0.25) is 9.80 Å². The Kier molecular flexibility index (Phi) is 7.06. The summed E-state index contributed by atoms with van der Waals surface area (Å²) in [5.74, 6) is 1.41. The lowest BCUT2D eigenvalue weighted by Crippen LogP contribution is -2.46. The summed E-state index contributed by atoms with van der Waals surface area (Å²) in [5.41, 5.74) is 3.01. The molecule has 0 spiro atoms. The average molecular weight is 476 g/mol. The molecule has 35 heavy (non-hydrogen) atoms. The number of nitrogens with zero attached hydrogens (tertiary/aromatic N) is 3. The van der Waals surface area contributed by atoms with Gasteiger partial charge in [0.15, 0.2) is 0 Å². The van der Waals surface area contributed by atoms with Crippen LogP contribution in [-0.2, 0) is 13.1 Å².